The van der Waals surface area contributed by atoms with Crippen molar-refractivity contribution in [3.63, 3.8) is 0 Å². The van der Waals surface area contributed by atoms with E-state index in [1.54, 1.807) is 20.2 Å². The molecule has 0 aliphatic heterocycles. The number of nitrogens with one attached hydrogen (secondary N) is 1. The van der Waals surface area contributed by atoms with Crippen LogP contribution in [0.4, 0.5) is 5.69 Å². The van der Waals surface area contributed by atoms with Crippen molar-refractivity contribution < 1.29 is 14.3 Å². The molecule has 1 unspecified atom stereocenters. The smallest absolute Gasteiger partial charge is 0.256 e. The van der Waals surface area contributed by atoms with E-state index in [0.29, 0.717) is 18.0 Å². The van der Waals surface area contributed by atoms with Crippen molar-refractivity contribution in [2.24, 2.45) is 0 Å². The van der Waals surface area contributed by atoms with Crippen LogP contribution in [-0.2, 0) is 9.53 Å². The minimum atomic E-state index is -0.826. The Hall–Kier alpha value is -1.62. The van der Waals surface area contributed by atoms with Crippen LogP contribution in [0.1, 0.15) is 25.8 Å². The number of ether oxygens (including phenoxy) is 2. The van der Waals surface area contributed by atoms with Crippen molar-refractivity contribution in [3.05, 3.63) is 17.8 Å². The summed E-state index contributed by atoms with van der Waals surface area (Å²) in [5.41, 5.74) is 0.675. The zero-order valence-electron chi connectivity index (χ0n) is 11.5. The second-order valence-electron chi connectivity index (χ2n) is 4.29. The highest BCUT2D eigenvalue weighted by molar-refractivity contribution is 5.96. The van der Waals surface area contributed by atoms with E-state index in [1.165, 1.54) is 7.11 Å². The van der Waals surface area contributed by atoms with Crippen LogP contribution in [0.25, 0.3) is 0 Å². The summed E-state index contributed by atoms with van der Waals surface area (Å²) in [6.07, 6.45) is 2.16. The molecule has 0 bridgehead atoms. The summed E-state index contributed by atoms with van der Waals surface area (Å²) >= 11 is 0. The predicted octanol–water partition coefficient (Wildman–Crippen LogP) is 2.15. The van der Waals surface area contributed by atoms with Crippen molar-refractivity contribution in [2.75, 3.05) is 19.5 Å². The Kier molecular flexibility index (Phi) is 4.67. The molecule has 0 aliphatic carbocycles. The lowest BCUT2D eigenvalue weighted by molar-refractivity contribution is -0.136. The third kappa shape index (κ3) is 2.98. The van der Waals surface area contributed by atoms with Gasteiger partial charge in [-0.3, -0.25) is 4.79 Å². The summed E-state index contributed by atoms with van der Waals surface area (Å²) in [6.45, 7) is 5.53. The number of amides is 1. The fourth-order valence-corrected chi connectivity index (χ4v) is 1.51. The number of anilines is 1. The number of carbonyl (C=O) groups is 1. The number of carbonyl (C=O) groups excluding carboxylic acids is 1. The molecule has 0 saturated carbocycles. The van der Waals surface area contributed by atoms with Crippen LogP contribution in [0.3, 0.4) is 0 Å². The van der Waals surface area contributed by atoms with Crippen LogP contribution in [-0.4, -0.2) is 30.7 Å². The summed E-state index contributed by atoms with van der Waals surface area (Å²) in [5.74, 6) is 0.372. The summed E-state index contributed by atoms with van der Waals surface area (Å²) in [7, 11) is 3.09. The highest BCUT2D eigenvalue weighted by Crippen LogP contribution is 2.21. The number of rotatable bonds is 5. The molecule has 100 valence electrons. The molecule has 18 heavy (non-hydrogen) atoms. The van der Waals surface area contributed by atoms with Crippen LogP contribution in [0, 0.1) is 6.92 Å². The minimum absolute atomic E-state index is 0.182. The van der Waals surface area contributed by atoms with Gasteiger partial charge in [0, 0.05) is 12.7 Å². The maximum atomic E-state index is 12.1. The van der Waals surface area contributed by atoms with Crippen molar-refractivity contribution in [1.29, 1.82) is 0 Å². The Bertz CT molecular complexity index is 428. The largest absolute Gasteiger partial charge is 0.481 e. The topological polar surface area (TPSA) is 60.5 Å². The van der Waals surface area contributed by atoms with E-state index in [2.05, 4.69) is 10.3 Å². The molecule has 1 amide bonds. The fraction of sp³-hybridized carbons (Fsp3) is 0.538. The van der Waals surface area contributed by atoms with E-state index in [0.717, 1.165) is 5.56 Å². The van der Waals surface area contributed by atoms with Gasteiger partial charge in [0.05, 0.1) is 19.0 Å². The van der Waals surface area contributed by atoms with Crippen molar-refractivity contribution in [3.8, 4) is 5.88 Å². The average molecular weight is 252 g/mol. The maximum Gasteiger partial charge on any atom is 0.256 e. The second-order valence-corrected chi connectivity index (χ2v) is 4.29. The van der Waals surface area contributed by atoms with E-state index in [4.69, 9.17) is 9.47 Å². The average Bonchev–Trinajstić information content (AvgIpc) is 2.38. The fourth-order valence-electron chi connectivity index (χ4n) is 1.51. The lowest BCUT2D eigenvalue weighted by Crippen LogP contribution is -2.41. The Labute approximate surface area is 108 Å². The third-order valence-corrected chi connectivity index (χ3v) is 3.09. The van der Waals surface area contributed by atoms with E-state index < -0.39 is 5.60 Å². The molecule has 0 radical (unpaired) electrons. The molecular weight excluding hydrogens is 232 g/mol. The van der Waals surface area contributed by atoms with Crippen molar-refractivity contribution in [2.45, 2.75) is 32.8 Å². The molecule has 1 atom stereocenters. The van der Waals surface area contributed by atoms with Gasteiger partial charge < -0.3 is 14.8 Å². The SMILES string of the molecule is CCC(C)(OC)C(=O)Nc1cnc(OC)c(C)c1. The van der Waals surface area contributed by atoms with Gasteiger partial charge in [-0.1, -0.05) is 6.92 Å². The predicted molar refractivity (Wildman–Crippen MR) is 69.9 cm³/mol. The van der Waals surface area contributed by atoms with Gasteiger partial charge in [0.1, 0.15) is 5.60 Å². The number of aromatic nitrogens is 1. The Morgan fingerprint density at radius 2 is 2.17 bits per heavy atom. The van der Waals surface area contributed by atoms with Crippen LogP contribution in [0.2, 0.25) is 0 Å². The number of nitrogens with zero attached hydrogens (tertiary/aromatic N) is 1. The van der Waals surface area contributed by atoms with Gasteiger partial charge in [-0.25, -0.2) is 4.98 Å². The number of methoxy groups -OCH3 is 2. The van der Waals surface area contributed by atoms with E-state index in [9.17, 15) is 4.79 Å². The molecule has 1 heterocycles. The minimum Gasteiger partial charge on any atom is -0.481 e. The summed E-state index contributed by atoms with van der Waals surface area (Å²) < 4.78 is 10.3. The Morgan fingerprint density at radius 3 is 2.61 bits per heavy atom. The summed E-state index contributed by atoms with van der Waals surface area (Å²) in [6, 6.07) is 1.81. The molecular formula is C13H20N2O3. The quantitative estimate of drug-likeness (QED) is 0.872. The normalized spacial score (nSPS) is 13.8. The highest BCUT2D eigenvalue weighted by atomic mass is 16.5. The second kappa shape index (κ2) is 5.82. The van der Waals surface area contributed by atoms with Gasteiger partial charge in [0.2, 0.25) is 5.88 Å². The molecule has 1 aromatic rings. The highest BCUT2D eigenvalue weighted by Gasteiger charge is 2.31. The van der Waals surface area contributed by atoms with Crippen LogP contribution < -0.4 is 10.1 Å². The molecule has 5 heteroatoms. The molecule has 1 aromatic heterocycles. The van der Waals surface area contributed by atoms with Gasteiger partial charge in [-0.05, 0) is 26.3 Å². The van der Waals surface area contributed by atoms with Gasteiger partial charge in [-0.2, -0.15) is 0 Å². The number of hydrogen-bond acceptors (Lipinski definition) is 4. The number of hydrogen-bond donors (Lipinski definition) is 1. The molecule has 0 saturated heterocycles. The first-order valence-electron chi connectivity index (χ1n) is 5.84. The molecule has 1 N–H and O–H groups in total. The van der Waals surface area contributed by atoms with Crippen molar-refractivity contribution >= 4 is 11.6 Å². The number of aryl methyl sites for hydroxylation is 1. The first-order valence-corrected chi connectivity index (χ1v) is 5.84. The van der Waals surface area contributed by atoms with Gasteiger partial charge in [0.25, 0.3) is 5.91 Å². The molecule has 1 rings (SSSR count). The van der Waals surface area contributed by atoms with Gasteiger partial charge >= 0.3 is 0 Å². The first-order chi connectivity index (χ1) is 8.46. The lowest BCUT2D eigenvalue weighted by Gasteiger charge is -2.25. The molecule has 0 spiro atoms. The molecule has 0 aliphatic rings. The molecule has 0 aromatic carbocycles. The zero-order valence-corrected chi connectivity index (χ0v) is 11.5. The van der Waals surface area contributed by atoms with Crippen LogP contribution >= 0.6 is 0 Å². The molecule has 0 fully saturated rings. The van der Waals surface area contributed by atoms with Crippen molar-refractivity contribution in [1.82, 2.24) is 4.98 Å². The number of pyridine rings is 1. The maximum absolute atomic E-state index is 12.1. The lowest BCUT2D eigenvalue weighted by atomic mass is 10.0. The van der Waals surface area contributed by atoms with E-state index in [-0.39, 0.29) is 5.91 Å². The Morgan fingerprint density at radius 1 is 1.50 bits per heavy atom. The van der Waals surface area contributed by atoms with Crippen LogP contribution in [0.5, 0.6) is 5.88 Å². The van der Waals surface area contributed by atoms with E-state index >= 15 is 0 Å². The standard InChI is InChI=1S/C13H20N2O3/c1-6-13(3,18-5)12(16)15-10-7-9(2)11(17-4)14-8-10/h7-8H,6H2,1-5H3,(H,15,16). The Balaban J connectivity index is 2.85. The summed E-state index contributed by atoms with van der Waals surface area (Å²) in [4.78, 5) is 16.2. The van der Waals surface area contributed by atoms with Crippen LogP contribution in [0.15, 0.2) is 12.3 Å². The van der Waals surface area contributed by atoms with Gasteiger partial charge in [0.15, 0.2) is 0 Å². The third-order valence-electron chi connectivity index (χ3n) is 3.09. The molecule has 5 nitrogen and oxygen atoms in total. The first kappa shape index (κ1) is 14.4. The van der Waals surface area contributed by atoms with Gasteiger partial charge in [-0.15, -0.1) is 0 Å². The monoisotopic (exact) mass is 252 g/mol. The summed E-state index contributed by atoms with van der Waals surface area (Å²) in [5, 5.41) is 2.79. The zero-order chi connectivity index (χ0) is 13.8. The van der Waals surface area contributed by atoms with E-state index in [1.807, 2.05) is 19.9 Å².